The Morgan fingerprint density at radius 1 is 1.22 bits per heavy atom. The van der Waals surface area contributed by atoms with Gasteiger partial charge in [-0.1, -0.05) is 18.3 Å². The van der Waals surface area contributed by atoms with Crippen molar-refractivity contribution >= 4 is 17.2 Å². The van der Waals surface area contributed by atoms with Crippen LogP contribution in [0.25, 0.3) is 0 Å². The monoisotopic (exact) mass is 266 g/mol. The van der Waals surface area contributed by atoms with Crippen molar-refractivity contribution in [3.63, 3.8) is 0 Å². The van der Waals surface area contributed by atoms with Crippen molar-refractivity contribution in [1.82, 2.24) is 4.98 Å². The largest absolute Gasteiger partial charge is 0.436 e. The van der Waals surface area contributed by atoms with Crippen molar-refractivity contribution in [2.24, 2.45) is 5.73 Å². The summed E-state index contributed by atoms with van der Waals surface area (Å²) in [6.45, 7) is 0. The molecule has 0 amide bonds. The molecule has 0 aliphatic heterocycles. The summed E-state index contributed by atoms with van der Waals surface area (Å²) in [4.78, 5) is 4.06. The molecule has 0 spiro atoms. The van der Waals surface area contributed by atoms with Crippen LogP contribution in [0.2, 0.25) is 0 Å². The number of nitrogens with two attached hydrogens (primary N) is 1. The van der Waals surface area contributed by atoms with Gasteiger partial charge in [-0.2, -0.15) is 0 Å². The lowest BCUT2D eigenvalue weighted by Crippen LogP contribution is -2.11. The summed E-state index contributed by atoms with van der Waals surface area (Å²) < 4.78 is 31.4. The van der Waals surface area contributed by atoms with E-state index in [0.29, 0.717) is 5.69 Å². The minimum Gasteiger partial charge on any atom is -0.436 e. The van der Waals surface area contributed by atoms with Crippen LogP contribution in [0.3, 0.4) is 0 Å². The van der Waals surface area contributed by atoms with Crippen LogP contribution in [0.1, 0.15) is 5.69 Å². The second-order valence-corrected chi connectivity index (χ2v) is 3.84. The van der Waals surface area contributed by atoms with Crippen molar-refractivity contribution in [3.8, 4) is 11.6 Å². The molecule has 0 bridgehead atoms. The van der Waals surface area contributed by atoms with E-state index in [9.17, 15) is 8.78 Å². The zero-order chi connectivity index (χ0) is 13.1. The number of nitrogens with zero attached hydrogens (tertiary/aromatic N) is 1. The van der Waals surface area contributed by atoms with Crippen molar-refractivity contribution in [3.05, 3.63) is 53.7 Å². The van der Waals surface area contributed by atoms with Crippen LogP contribution in [-0.2, 0) is 0 Å². The average molecular weight is 266 g/mol. The Bertz CT molecular complexity index is 604. The molecule has 92 valence electrons. The molecular weight excluding hydrogens is 258 g/mol. The first kappa shape index (κ1) is 12.4. The number of thiocarbonyl (C=S) groups is 1. The fourth-order valence-electron chi connectivity index (χ4n) is 1.28. The maximum absolute atomic E-state index is 13.3. The third kappa shape index (κ3) is 2.78. The number of aromatic nitrogens is 1. The van der Waals surface area contributed by atoms with Gasteiger partial charge in [0.25, 0.3) is 0 Å². The fourth-order valence-corrected chi connectivity index (χ4v) is 1.39. The zero-order valence-electron chi connectivity index (χ0n) is 9.06. The number of rotatable bonds is 3. The fraction of sp³-hybridized carbons (Fsp3) is 0. The van der Waals surface area contributed by atoms with E-state index in [1.807, 2.05) is 0 Å². The van der Waals surface area contributed by atoms with Crippen molar-refractivity contribution < 1.29 is 13.5 Å². The van der Waals surface area contributed by atoms with Gasteiger partial charge in [0.1, 0.15) is 16.5 Å². The van der Waals surface area contributed by atoms with Gasteiger partial charge in [-0.3, -0.25) is 0 Å². The summed E-state index contributed by atoms with van der Waals surface area (Å²) in [5.41, 5.74) is 5.76. The molecule has 1 aromatic carbocycles. The molecule has 6 heteroatoms. The highest BCUT2D eigenvalue weighted by Crippen LogP contribution is 2.23. The van der Waals surface area contributed by atoms with Gasteiger partial charge in [0.15, 0.2) is 11.6 Å². The van der Waals surface area contributed by atoms with E-state index in [4.69, 9.17) is 22.7 Å². The highest BCUT2D eigenvalue weighted by atomic mass is 32.1. The quantitative estimate of drug-likeness (QED) is 0.868. The first-order chi connectivity index (χ1) is 8.56. The summed E-state index contributed by atoms with van der Waals surface area (Å²) in [5, 5.41) is 0. The van der Waals surface area contributed by atoms with Crippen molar-refractivity contribution in [1.29, 1.82) is 0 Å². The normalized spacial score (nSPS) is 10.1. The SMILES string of the molecule is NC(=S)c1cccc(Oc2cc(F)ccc2F)n1. The van der Waals surface area contributed by atoms with Gasteiger partial charge in [0.05, 0.1) is 0 Å². The van der Waals surface area contributed by atoms with Gasteiger partial charge in [0, 0.05) is 12.1 Å². The van der Waals surface area contributed by atoms with Crippen LogP contribution >= 0.6 is 12.2 Å². The Morgan fingerprint density at radius 3 is 2.72 bits per heavy atom. The van der Waals surface area contributed by atoms with Gasteiger partial charge in [0.2, 0.25) is 5.88 Å². The molecule has 0 saturated carbocycles. The van der Waals surface area contributed by atoms with Gasteiger partial charge in [-0.05, 0) is 18.2 Å². The lowest BCUT2D eigenvalue weighted by molar-refractivity contribution is 0.422. The molecule has 1 heterocycles. The van der Waals surface area contributed by atoms with Gasteiger partial charge < -0.3 is 10.5 Å². The van der Waals surface area contributed by atoms with Gasteiger partial charge in [-0.25, -0.2) is 13.8 Å². The van der Waals surface area contributed by atoms with Crippen LogP contribution in [0.5, 0.6) is 11.6 Å². The number of ether oxygens (including phenoxy) is 1. The molecule has 0 aliphatic rings. The van der Waals surface area contributed by atoms with Gasteiger partial charge in [-0.15, -0.1) is 0 Å². The topological polar surface area (TPSA) is 48.1 Å². The van der Waals surface area contributed by atoms with Crippen LogP contribution in [-0.4, -0.2) is 9.97 Å². The minimum absolute atomic E-state index is 0.0878. The number of pyridine rings is 1. The second-order valence-electron chi connectivity index (χ2n) is 3.40. The van der Waals surface area contributed by atoms with E-state index in [1.165, 1.54) is 6.07 Å². The summed E-state index contributed by atoms with van der Waals surface area (Å²) in [6, 6.07) is 7.60. The van der Waals surface area contributed by atoms with E-state index < -0.39 is 11.6 Å². The maximum Gasteiger partial charge on any atom is 0.220 e. The number of halogens is 2. The molecule has 0 aliphatic carbocycles. The lowest BCUT2D eigenvalue weighted by Gasteiger charge is -2.06. The van der Waals surface area contributed by atoms with E-state index >= 15 is 0 Å². The molecular formula is C12H8F2N2OS. The van der Waals surface area contributed by atoms with Crippen molar-refractivity contribution in [2.75, 3.05) is 0 Å². The lowest BCUT2D eigenvalue weighted by atomic mass is 10.3. The first-order valence-electron chi connectivity index (χ1n) is 4.96. The van der Waals surface area contributed by atoms with Crippen LogP contribution in [0.4, 0.5) is 8.78 Å². The van der Waals surface area contributed by atoms with E-state index in [1.54, 1.807) is 12.1 Å². The Hall–Kier alpha value is -2.08. The average Bonchev–Trinajstić information content (AvgIpc) is 2.34. The Balaban J connectivity index is 2.31. The molecule has 2 rings (SSSR count). The Morgan fingerprint density at radius 2 is 2.00 bits per heavy atom. The number of benzene rings is 1. The Kier molecular flexibility index (Phi) is 3.47. The smallest absolute Gasteiger partial charge is 0.220 e. The van der Waals surface area contributed by atoms with Gasteiger partial charge >= 0.3 is 0 Å². The predicted molar refractivity (Wildman–Crippen MR) is 66.6 cm³/mol. The molecule has 0 atom stereocenters. The Labute approximate surface area is 107 Å². The summed E-state index contributed by atoms with van der Waals surface area (Å²) in [5.74, 6) is -1.44. The highest BCUT2D eigenvalue weighted by Gasteiger charge is 2.08. The molecule has 0 unspecified atom stereocenters. The molecule has 0 fully saturated rings. The third-order valence-electron chi connectivity index (χ3n) is 2.08. The predicted octanol–water partition coefficient (Wildman–Crippen LogP) is 2.79. The second kappa shape index (κ2) is 5.05. The maximum atomic E-state index is 13.3. The summed E-state index contributed by atoms with van der Waals surface area (Å²) in [6.07, 6.45) is 0. The number of hydrogen-bond acceptors (Lipinski definition) is 3. The highest BCUT2D eigenvalue weighted by molar-refractivity contribution is 7.80. The molecule has 0 radical (unpaired) electrons. The van der Waals surface area contributed by atoms with E-state index in [-0.39, 0.29) is 16.6 Å². The zero-order valence-corrected chi connectivity index (χ0v) is 9.88. The molecule has 3 nitrogen and oxygen atoms in total. The third-order valence-corrected chi connectivity index (χ3v) is 2.29. The van der Waals surface area contributed by atoms with Crippen LogP contribution < -0.4 is 10.5 Å². The van der Waals surface area contributed by atoms with Crippen LogP contribution in [0, 0.1) is 11.6 Å². The molecule has 1 aromatic heterocycles. The molecule has 0 saturated heterocycles. The first-order valence-corrected chi connectivity index (χ1v) is 5.37. The summed E-state index contributed by atoms with van der Waals surface area (Å²) in [7, 11) is 0. The van der Waals surface area contributed by atoms with Crippen molar-refractivity contribution in [2.45, 2.75) is 0 Å². The van der Waals surface area contributed by atoms with Crippen LogP contribution in [0.15, 0.2) is 36.4 Å². The summed E-state index contributed by atoms with van der Waals surface area (Å²) >= 11 is 4.76. The minimum atomic E-state index is -0.682. The molecule has 2 aromatic rings. The molecule has 18 heavy (non-hydrogen) atoms. The van der Waals surface area contributed by atoms with E-state index in [2.05, 4.69) is 4.98 Å². The molecule has 2 N–H and O–H groups in total. The van der Waals surface area contributed by atoms with E-state index in [0.717, 1.165) is 18.2 Å². The number of hydrogen-bond donors (Lipinski definition) is 1. The standard InChI is InChI=1S/C12H8F2N2OS/c13-7-4-5-8(14)10(6-7)17-11-3-1-2-9(16-11)12(15)18/h1-6H,(H2,15,18).